The maximum absolute atomic E-state index is 11.9. The van der Waals surface area contributed by atoms with Crippen LogP contribution >= 0.6 is 0 Å². The quantitative estimate of drug-likeness (QED) is 0.796. The number of pyridine rings is 1. The van der Waals surface area contributed by atoms with Gasteiger partial charge in [0.05, 0.1) is 11.3 Å². The second-order valence-electron chi connectivity index (χ2n) is 3.79. The molecular weight excluding hydrogens is 256 g/mol. The summed E-state index contributed by atoms with van der Waals surface area (Å²) < 4.78 is 23.8. The summed E-state index contributed by atoms with van der Waals surface area (Å²) in [5.74, 6) is -1.30. The van der Waals surface area contributed by atoms with Crippen molar-refractivity contribution in [2.45, 2.75) is 5.03 Å². The van der Waals surface area contributed by atoms with E-state index in [9.17, 15) is 13.2 Å². The van der Waals surface area contributed by atoms with E-state index in [2.05, 4.69) is 11.6 Å². The van der Waals surface area contributed by atoms with Crippen LogP contribution in [0.4, 0.5) is 5.82 Å². The Balaban J connectivity index is 3.51. The summed E-state index contributed by atoms with van der Waals surface area (Å²) in [4.78, 5) is 16.5. The smallest absolute Gasteiger partial charge is 0.338 e. The van der Waals surface area contributed by atoms with Crippen LogP contribution in [0.1, 0.15) is 10.4 Å². The SMILES string of the molecule is C=CCS(=O)(=O)c1nc(N(C)C)ccc1C(=O)O. The summed E-state index contributed by atoms with van der Waals surface area (Å²) in [5.41, 5.74) is -0.331. The molecule has 7 heteroatoms. The van der Waals surface area contributed by atoms with Gasteiger partial charge in [-0.2, -0.15) is 0 Å². The van der Waals surface area contributed by atoms with Crippen LogP contribution in [0.3, 0.4) is 0 Å². The van der Waals surface area contributed by atoms with E-state index in [0.29, 0.717) is 5.82 Å². The Kier molecular flexibility index (Phi) is 4.07. The van der Waals surface area contributed by atoms with Crippen molar-refractivity contribution < 1.29 is 18.3 Å². The number of rotatable bonds is 5. The summed E-state index contributed by atoms with van der Waals surface area (Å²) in [6.07, 6.45) is 1.20. The molecule has 98 valence electrons. The molecule has 6 nitrogen and oxygen atoms in total. The van der Waals surface area contributed by atoms with Crippen LogP contribution in [0.2, 0.25) is 0 Å². The van der Waals surface area contributed by atoms with Gasteiger partial charge in [0.1, 0.15) is 5.82 Å². The highest BCUT2D eigenvalue weighted by atomic mass is 32.2. The lowest BCUT2D eigenvalue weighted by Crippen LogP contribution is -2.17. The first kappa shape index (κ1) is 14.2. The minimum Gasteiger partial charge on any atom is -0.478 e. The molecule has 0 saturated heterocycles. The molecule has 0 saturated carbocycles. The monoisotopic (exact) mass is 270 g/mol. The zero-order chi connectivity index (χ0) is 13.9. The van der Waals surface area contributed by atoms with Crippen molar-refractivity contribution >= 4 is 21.6 Å². The number of carbonyl (C=O) groups is 1. The number of aromatic carboxylic acids is 1. The maximum Gasteiger partial charge on any atom is 0.338 e. The lowest BCUT2D eigenvalue weighted by Gasteiger charge is -2.13. The molecule has 18 heavy (non-hydrogen) atoms. The Morgan fingerprint density at radius 1 is 1.50 bits per heavy atom. The van der Waals surface area contributed by atoms with Crippen LogP contribution in [0.25, 0.3) is 0 Å². The maximum atomic E-state index is 11.9. The van der Waals surface area contributed by atoms with Gasteiger partial charge in [0.2, 0.25) is 0 Å². The van der Waals surface area contributed by atoms with Gasteiger partial charge in [-0.05, 0) is 12.1 Å². The van der Waals surface area contributed by atoms with Crippen LogP contribution in [-0.4, -0.2) is 44.3 Å². The molecule has 1 N–H and O–H groups in total. The Bertz CT molecular complexity index is 579. The van der Waals surface area contributed by atoms with E-state index < -0.39 is 20.8 Å². The summed E-state index contributed by atoms with van der Waals surface area (Å²) >= 11 is 0. The van der Waals surface area contributed by atoms with Gasteiger partial charge in [0.15, 0.2) is 14.9 Å². The fraction of sp³-hybridized carbons (Fsp3) is 0.273. The van der Waals surface area contributed by atoms with Gasteiger partial charge in [-0.3, -0.25) is 0 Å². The average Bonchev–Trinajstić information content (AvgIpc) is 2.27. The van der Waals surface area contributed by atoms with Gasteiger partial charge in [-0.1, -0.05) is 6.08 Å². The molecule has 1 aromatic heterocycles. The van der Waals surface area contributed by atoms with E-state index in [1.165, 1.54) is 18.2 Å². The minimum absolute atomic E-state index is 0.331. The summed E-state index contributed by atoms with van der Waals surface area (Å²) in [7, 11) is -0.404. The molecule has 0 unspecified atom stereocenters. The largest absolute Gasteiger partial charge is 0.478 e. The van der Waals surface area contributed by atoms with Crippen molar-refractivity contribution in [1.82, 2.24) is 4.98 Å². The highest BCUT2D eigenvalue weighted by molar-refractivity contribution is 7.91. The van der Waals surface area contributed by atoms with Gasteiger partial charge >= 0.3 is 5.97 Å². The number of carboxylic acids is 1. The Hall–Kier alpha value is -1.89. The summed E-state index contributed by atoms with van der Waals surface area (Å²) in [5, 5.41) is 8.55. The molecule has 0 aliphatic carbocycles. The Morgan fingerprint density at radius 3 is 2.56 bits per heavy atom. The van der Waals surface area contributed by atoms with E-state index >= 15 is 0 Å². The lowest BCUT2D eigenvalue weighted by molar-refractivity contribution is 0.0691. The average molecular weight is 270 g/mol. The van der Waals surface area contributed by atoms with Crippen LogP contribution in [0.15, 0.2) is 29.8 Å². The van der Waals surface area contributed by atoms with Gasteiger partial charge < -0.3 is 10.0 Å². The third-order valence-corrected chi connectivity index (χ3v) is 3.74. The van der Waals surface area contributed by atoms with Crippen LogP contribution in [0, 0.1) is 0 Å². The topological polar surface area (TPSA) is 87.6 Å². The van der Waals surface area contributed by atoms with Gasteiger partial charge in [0, 0.05) is 14.1 Å². The zero-order valence-electron chi connectivity index (χ0n) is 10.1. The van der Waals surface area contributed by atoms with Crippen molar-refractivity contribution in [2.24, 2.45) is 0 Å². The number of anilines is 1. The molecule has 0 amide bonds. The van der Waals surface area contributed by atoms with Crippen LogP contribution in [0.5, 0.6) is 0 Å². The zero-order valence-corrected chi connectivity index (χ0v) is 10.9. The van der Waals surface area contributed by atoms with Gasteiger partial charge in [-0.15, -0.1) is 6.58 Å². The van der Waals surface area contributed by atoms with Crippen molar-refractivity contribution in [3.8, 4) is 0 Å². The minimum atomic E-state index is -3.78. The molecule has 1 aromatic rings. The predicted octanol–water partition coefficient (Wildman–Crippen LogP) is 0.806. The fourth-order valence-electron chi connectivity index (χ4n) is 1.31. The standard InChI is InChI=1S/C11H14N2O4S/c1-4-7-18(16,17)10-8(11(14)15)5-6-9(12-10)13(2)3/h4-6H,1,7H2,2-3H3,(H,14,15). The summed E-state index contributed by atoms with van der Waals surface area (Å²) in [6, 6.07) is 2.69. The van der Waals surface area contributed by atoms with Crippen molar-refractivity contribution in [3.05, 3.63) is 30.4 Å². The van der Waals surface area contributed by atoms with E-state index in [0.717, 1.165) is 0 Å². The Labute approximate surface area is 105 Å². The van der Waals surface area contributed by atoms with Crippen molar-refractivity contribution in [1.29, 1.82) is 0 Å². The highest BCUT2D eigenvalue weighted by Gasteiger charge is 2.24. The fourth-order valence-corrected chi connectivity index (χ4v) is 2.50. The molecule has 0 aliphatic rings. The van der Waals surface area contributed by atoms with E-state index in [1.807, 2.05) is 0 Å². The number of carboxylic acid groups (broad SMARTS) is 1. The highest BCUT2D eigenvalue weighted by Crippen LogP contribution is 2.19. The third kappa shape index (κ3) is 2.86. The van der Waals surface area contributed by atoms with Crippen molar-refractivity contribution in [2.75, 3.05) is 24.7 Å². The second-order valence-corrected chi connectivity index (χ2v) is 5.74. The van der Waals surface area contributed by atoms with Crippen molar-refractivity contribution in [3.63, 3.8) is 0 Å². The first-order chi connectivity index (χ1) is 8.29. The third-order valence-electron chi connectivity index (χ3n) is 2.17. The molecule has 0 bridgehead atoms. The summed E-state index contributed by atoms with van der Waals surface area (Å²) in [6.45, 7) is 3.34. The molecule has 1 heterocycles. The number of sulfone groups is 1. The molecule has 0 radical (unpaired) electrons. The first-order valence-electron chi connectivity index (χ1n) is 5.05. The number of hydrogen-bond donors (Lipinski definition) is 1. The first-order valence-corrected chi connectivity index (χ1v) is 6.70. The molecule has 0 spiro atoms. The van der Waals surface area contributed by atoms with E-state index in [4.69, 9.17) is 5.11 Å². The van der Waals surface area contributed by atoms with Gasteiger partial charge in [-0.25, -0.2) is 18.2 Å². The molecule has 0 aromatic carbocycles. The molecular formula is C11H14N2O4S. The molecule has 0 aliphatic heterocycles. The predicted molar refractivity (Wildman–Crippen MR) is 67.8 cm³/mol. The van der Waals surface area contributed by atoms with Crippen LogP contribution in [-0.2, 0) is 9.84 Å². The second kappa shape index (κ2) is 5.18. The van der Waals surface area contributed by atoms with Crippen LogP contribution < -0.4 is 4.90 Å². The number of nitrogens with zero attached hydrogens (tertiary/aromatic N) is 2. The number of hydrogen-bond acceptors (Lipinski definition) is 5. The lowest BCUT2D eigenvalue weighted by atomic mass is 10.3. The van der Waals surface area contributed by atoms with E-state index in [-0.39, 0.29) is 11.3 Å². The normalized spacial score (nSPS) is 11.0. The Morgan fingerprint density at radius 2 is 2.11 bits per heavy atom. The van der Waals surface area contributed by atoms with E-state index in [1.54, 1.807) is 19.0 Å². The molecule has 0 fully saturated rings. The van der Waals surface area contributed by atoms with Gasteiger partial charge in [0.25, 0.3) is 0 Å². The number of aromatic nitrogens is 1. The molecule has 1 rings (SSSR count). The molecule has 0 atom stereocenters.